The minimum absolute atomic E-state index is 0.170. The van der Waals surface area contributed by atoms with Gasteiger partial charge in [-0.3, -0.25) is 0 Å². The monoisotopic (exact) mass is 476 g/mol. The number of hydrogen-bond acceptors (Lipinski definition) is 9. The highest BCUT2D eigenvalue weighted by atomic mass is 16.5. The second-order valence-corrected chi connectivity index (χ2v) is 7.15. The molecule has 0 saturated heterocycles. The Hall–Kier alpha value is -3.59. The van der Waals surface area contributed by atoms with Crippen molar-refractivity contribution in [1.82, 2.24) is 0 Å². The topological polar surface area (TPSA) is 102 Å². The van der Waals surface area contributed by atoms with Crippen molar-refractivity contribution in [3.63, 3.8) is 0 Å². The van der Waals surface area contributed by atoms with E-state index < -0.39 is 5.97 Å². The van der Waals surface area contributed by atoms with Gasteiger partial charge in [-0.05, 0) is 47.4 Å². The van der Waals surface area contributed by atoms with Gasteiger partial charge in [0, 0.05) is 12.0 Å². The highest BCUT2D eigenvalue weighted by molar-refractivity contribution is 5.90. The summed E-state index contributed by atoms with van der Waals surface area (Å²) in [6, 6.07) is 7.04. The van der Waals surface area contributed by atoms with Crippen molar-refractivity contribution in [3.8, 4) is 34.5 Å². The first-order chi connectivity index (χ1) is 16.4. The van der Waals surface area contributed by atoms with Crippen LogP contribution < -0.4 is 28.4 Å². The molecular formula is C25H32O9. The molecule has 34 heavy (non-hydrogen) atoms. The number of esters is 1. The molecule has 0 radical (unpaired) electrons. The number of benzene rings is 2. The number of ether oxygens (including phenoxy) is 7. The van der Waals surface area contributed by atoms with Gasteiger partial charge in [0.25, 0.3) is 0 Å². The van der Waals surface area contributed by atoms with Gasteiger partial charge in [0.05, 0.1) is 56.4 Å². The van der Waals surface area contributed by atoms with Crippen LogP contribution >= 0.6 is 0 Å². The summed E-state index contributed by atoms with van der Waals surface area (Å²) in [6.07, 6.45) is 0.422. The molecule has 0 amide bonds. The first-order valence-electron chi connectivity index (χ1n) is 10.4. The van der Waals surface area contributed by atoms with Crippen molar-refractivity contribution in [2.45, 2.75) is 12.8 Å². The van der Waals surface area contributed by atoms with E-state index in [0.29, 0.717) is 51.2 Å². The molecule has 186 valence electrons. The molecule has 0 aliphatic rings. The highest BCUT2D eigenvalue weighted by Gasteiger charge is 2.21. The lowest BCUT2D eigenvalue weighted by Crippen LogP contribution is -2.14. The second kappa shape index (κ2) is 12.6. The van der Waals surface area contributed by atoms with Gasteiger partial charge in [-0.15, -0.1) is 0 Å². The molecule has 0 bridgehead atoms. The number of hydrogen-bond donors (Lipinski definition) is 1. The second-order valence-electron chi connectivity index (χ2n) is 7.15. The molecular weight excluding hydrogens is 444 g/mol. The Kier molecular flexibility index (Phi) is 9.88. The predicted octanol–water partition coefficient (Wildman–Crippen LogP) is 2.99. The maximum atomic E-state index is 12.7. The Morgan fingerprint density at radius 1 is 0.647 bits per heavy atom. The van der Waals surface area contributed by atoms with E-state index in [-0.39, 0.29) is 19.4 Å². The summed E-state index contributed by atoms with van der Waals surface area (Å²) < 4.78 is 37.4. The Bertz CT molecular complexity index is 977. The summed E-state index contributed by atoms with van der Waals surface area (Å²) in [6.45, 7) is -0.356. The van der Waals surface area contributed by atoms with Gasteiger partial charge in [-0.25, -0.2) is 4.79 Å². The number of rotatable bonds is 12. The minimum atomic E-state index is -0.551. The molecule has 0 aliphatic heterocycles. The van der Waals surface area contributed by atoms with Gasteiger partial charge in [0.2, 0.25) is 11.5 Å². The van der Waals surface area contributed by atoms with Crippen LogP contribution in [0.3, 0.4) is 0 Å². The standard InChI is InChI=1S/C25H32O9/c1-28-19-10-15(11-20(29-2)23(19)32-5)8-17(14-26)18(25(27)34-7)9-16-12-21(30-3)24(33-6)22(13-16)31-4/h10-13,26H,8-9,14H2,1-7H3/b18-17-. The van der Waals surface area contributed by atoms with E-state index in [1.807, 2.05) is 0 Å². The van der Waals surface area contributed by atoms with Crippen molar-refractivity contribution in [2.24, 2.45) is 0 Å². The van der Waals surface area contributed by atoms with Crippen LogP contribution in [0.25, 0.3) is 0 Å². The quantitative estimate of drug-likeness (QED) is 0.366. The van der Waals surface area contributed by atoms with E-state index in [9.17, 15) is 9.90 Å². The van der Waals surface area contributed by atoms with E-state index in [2.05, 4.69) is 0 Å². The average Bonchev–Trinajstić information content (AvgIpc) is 2.88. The van der Waals surface area contributed by atoms with Crippen molar-refractivity contribution in [1.29, 1.82) is 0 Å². The Morgan fingerprint density at radius 2 is 1.03 bits per heavy atom. The number of carbonyl (C=O) groups is 1. The van der Waals surface area contributed by atoms with Gasteiger partial charge in [0.1, 0.15) is 0 Å². The van der Waals surface area contributed by atoms with Crippen molar-refractivity contribution in [2.75, 3.05) is 56.4 Å². The normalized spacial score (nSPS) is 11.3. The largest absolute Gasteiger partial charge is 0.493 e. The molecule has 2 aromatic rings. The molecule has 0 aromatic heterocycles. The van der Waals surface area contributed by atoms with E-state index in [4.69, 9.17) is 33.2 Å². The molecule has 9 nitrogen and oxygen atoms in total. The number of aliphatic hydroxyl groups is 1. The lowest BCUT2D eigenvalue weighted by atomic mass is 9.95. The summed E-state index contributed by atoms with van der Waals surface area (Å²) >= 11 is 0. The SMILES string of the molecule is COC(=O)/C(Cc1cc(OC)c(OC)c(OC)c1)=C(\CO)Cc1cc(OC)c(OC)c(OC)c1. The smallest absolute Gasteiger partial charge is 0.334 e. The predicted molar refractivity (Wildman–Crippen MR) is 126 cm³/mol. The van der Waals surface area contributed by atoms with Gasteiger partial charge in [0.15, 0.2) is 23.0 Å². The van der Waals surface area contributed by atoms with Crippen LogP contribution in [0.4, 0.5) is 0 Å². The van der Waals surface area contributed by atoms with Gasteiger partial charge in [-0.1, -0.05) is 0 Å². The molecule has 9 heteroatoms. The van der Waals surface area contributed by atoms with E-state index >= 15 is 0 Å². The third kappa shape index (κ3) is 5.85. The van der Waals surface area contributed by atoms with Gasteiger partial charge < -0.3 is 38.3 Å². The molecule has 0 fully saturated rings. The molecule has 0 saturated carbocycles. The molecule has 0 atom stereocenters. The van der Waals surface area contributed by atoms with Crippen LogP contribution in [0.5, 0.6) is 34.5 Å². The van der Waals surface area contributed by atoms with Crippen molar-refractivity contribution in [3.05, 3.63) is 46.5 Å². The fourth-order valence-corrected chi connectivity index (χ4v) is 3.65. The lowest BCUT2D eigenvalue weighted by Gasteiger charge is -2.17. The Balaban J connectivity index is 2.57. The van der Waals surface area contributed by atoms with Crippen LogP contribution in [0.15, 0.2) is 35.4 Å². The van der Waals surface area contributed by atoms with E-state index in [1.54, 1.807) is 24.3 Å². The molecule has 2 aromatic carbocycles. The average molecular weight is 477 g/mol. The zero-order valence-corrected chi connectivity index (χ0v) is 20.6. The fraction of sp³-hybridized carbons (Fsp3) is 0.400. The molecule has 0 unspecified atom stereocenters. The van der Waals surface area contributed by atoms with Crippen LogP contribution in [-0.2, 0) is 22.4 Å². The maximum Gasteiger partial charge on any atom is 0.334 e. The number of methoxy groups -OCH3 is 7. The summed E-state index contributed by atoms with van der Waals surface area (Å²) in [5.74, 6) is 2.19. The Morgan fingerprint density at radius 3 is 1.32 bits per heavy atom. The van der Waals surface area contributed by atoms with E-state index in [1.165, 1.54) is 49.8 Å². The molecule has 0 heterocycles. The zero-order valence-electron chi connectivity index (χ0n) is 20.6. The molecule has 0 aliphatic carbocycles. The highest BCUT2D eigenvalue weighted by Crippen LogP contribution is 2.40. The summed E-state index contributed by atoms with van der Waals surface area (Å²) in [5.41, 5.74) is 2.26. The third-order valence-corrected chi connectivity index (χ3v) is 5.30. The van der Waals surface area contributed by atoms with Crippen molar-refractivity contribution < 1.29 is 43.1 Å². The Labute approximate surface area is 199 Å². The first-order valence-corrected chi connectivity index (χ1v) is 10.4. The van der Waals surface area contributed by atoms with Crippen LogP contribution in [-0.4, -0.2) is 67.5 Å². The van der Waals surface area contributed by atoms with Crippen molar-refractivity contribution >= 4 is 5.97 Å². The molecule has 2 rings (SSSR count). The van der Waals surface area contributed by atoms with Gasteiger partial charge >= 0.3 is 5.97 Å². The lowest BCUT2D eigenvalue weighted by molar-refractivity contribution is -0.136. The number of carbonyl (C=O) groups excluding carboxylic acids is 1. The van der Waals surface area contributed by atoms with Crippen LogP contribution in [0, 0.1) is 0 Å². The third-order valence-electron chi connectivity index (χ3n) is 5.30. The fourth-order valence-electron chi connectivity index (χ4n) is 3.65. The van der Waals surface area contributed by atoms with Crippen LogP contribution in [0.1, 0.15) is 11.1 Å². The number of aliphatic hydroxyl groups excluding tert-OH is 1. The summed E-state index contributed by atoms with van der Waals surface area (Å²) in [5, 5.41) is 10.2. The molecule has 0 spiro atoms. The summed E-state index contributed by atoms with van der Waals surface area (Å²) in [7, 11) is 10.4. The van der Waals surface area contributed by atoms with E-state index in [0.717, 1.165) is 5.56 Å². The van der Waals surface area contributed by atoms with Gasteiger partial charge in [-0.2, -0.15) is 0 Å². The minimum Gasteiger partial charge on any atom is -0.493 e. The molecule has 1 N–H and O–H groups in total. The summed E-state index contributed by atoms with van der Waals surface area (Å²) in [4.78, 5) is 12.7. The zero-order chi connectivity index (χ0) is 25.3. The maximum absolute atomic E-state index is 12.7. The first kappa shape index (κ1) is 26.7. The van der Waals surface area contributed by atoms with Crippen LogP contribution in [0.2, 0.25) is 0 Å².